The zero-order valence-corrected chi connectivity index (χ0v) is 16.2. The molecular weight excluding hydrogens is 338 g/mol. The van der Waals surface area contributed by atoms with Crippen molar-refractivity contribution in [1.82, 2.24) is 0 Å². The highest BCUT2D eigenvalue weighted by atomic mass is 32.2. The van der Waals surface area contributed by atoms with Gasteiger partial charge in [0.15, 0.2) is 0 Å². The normalized spacial score (nSPS) is 28.1. The number of fused-ring (bicyclic) bond motifs is 1. The van der Waals surface area contributed by atoms with Crippen molar-refractivity contribution >= 4 is 11.8 Å². The molecule has 4 rings (SSSR count). The van der Waals surface area contributed by atoms with Crippen molar-refractivity contribution in [2.24, 2.45) is 11.7 Å². The molecule has 0 radical (unpaired) electrons. The first-order valence-corrected chi connectivity index (χ1v) is 10.8. The molecule has 1 unspecified atom stereocenters. The maximum absolute atomic E-state index is 9.52. The Bertz CT molecular complexity index is 747. The second kappa shape index (κ2) is 7.75. The van der Waals surface area contributed by atoms with Crippen LogP contribution < -0.4 is 5.73 Å². The summed E-state index contributed by atoms with van der Waals surface area (Å²) in [4.78, 5) is 1.38. The lowest BCUT2D eigenvalue weighted by Gasteiger charge is -2.26. The number of hydrogen-bond acceptors (Lipinski definition) is 3. The molecular formula is C23H29NOS. The number of benzene rings is 2. The van der Waals surface area contributed by atoms with Crippen LogP contribution in [0.3, 0.4) is 0 Å². The quantitative estimate of drug-likeness (QED) is 0.763. The highest BCUT2D eigenvalue weighted by Gasteiger charge is 2.36. The smallest absolute Gasteiger partial charge is 0.0611 e. The lowest BCUT2D eigenvalue weighted by Crippen LogP contribution is -2.40. The fraction of sp³-hybridized carbons (Fsp3) is 0.478. The number of aliphatic hydroxyl groups excluding tert-OH is 1. The first-order valence-electron chi connectivity index (χ1n) is 9.84. The Balaban J connectivity index is 1.38. The lowest BCUT2D eigenvalue weighted by atomic mass is 9.82. The van der Waals surface area contributed by atoms with E-state index in [0.29, 0.717) is 5.92 Å². The van der Waals surface area contributed by atoms with Gasteiger partial charge in [-0.2, -0.15) is 0 Å². The molecule has 0 bridgehead atoms. The third kappa shape index (κ3) is 4.00. The minimum atomic E-state index is -0.361. The van der Waals surface area contributed by atoms with Crippen LogP contribution in [-0.4, -0.2) is 23.0 Å². The van der Waals surface area contributed by atoms with Crippen molar-refractivity contribution < 1.29 is 5.11 Å². The Hall–Kier alpha value is -1.29. The van der Waals surface area contributed by atoms with Gasteiger partial charge in [-0.3, -0.25) is 0 Å². The highest BCUT2D eigenvalue weighted by Crippen LogP contribution is 2.41. The Morgan fingerprint density at radius 3 is 2.69 bits per heavy atom. The van der Waals surface area contributed by atoms with Crippen molar-refractivity contribution in [3.63, 3.8) is 0 Å². The first-order chi connectivity index (χ1) is 12.6. The Morgan fingerprint density at radius 1 is 1.08 bits per heavy atom. The molecule has 26 heavy (non-hydrogen) atoms. The third-order valence-corrected chi connectivity index (χ3v) is 7.46. The predicted molar refractivity (Wildman–Crippen MR) is 110 cm³/mol. The van der Waals surface area contributed by atoms with Crippen LogP contribution >= 0.6 is 11.8 Å². The van der Waals surface area contributed by atoms with Crippen molar-refractivity contribution in [2.75, 3.05) is 12.4 Å². The molecule has 2 nitrogen and oxygen atoms in total. The van der Waals surface area contributed by atoms with Gasteiger partial charge in [0.2, 0.25) is 0 Å². The topological polar surface area (TPSA) is 46.2 Å². The molecule has 2 aromatic rings. The molecule has 3 N–H and O–H groups in total. The van der Waals surface area contributed by atoms with Crippen LogP contribution in [0, 0.1) is 5.92 Å². The molecule has 1 saturated carbocycles. The summed E-state index contributed by atoms with van der Waals surface area (Å²) in [7, 11) is 0. The van der Waals surface area contributed by atoms with Gasteiger partial charge in [-0.25, -0.2) is 0 Å². The summed E-state index contributed by atoms with van der Waals surface area (Å²) in [6, 6.07) is 17.9. The van der Waals surface area contributed by atoms with Gasteiger partial charge in [0.1, 0.15) is 0 Å². The van der Waals surface area contributed by atoms with Crippen LogP contribution in [0.5, 0.6) is 0 Å². The molecule has 1 fully saturated rings. The summed E-state index contributed by atoms with van der Waals surface area (Å²) in [5.74, 6) is 2.50. The maximum Gasteiger partial charge on any atom is 0.0611 e. The highest BCUT2D eigenvalue weighted by molar-refractivity contribution is 7.99. The molecule has 0 spiro atoms. The Kier molecular flexibility index (Phi) is 5.40. The van der Waals surface area contributed by atoms with Crippen molar-refractivity contribution in [2.45, 2.75) is 54.9 Å². The third-order valence-electron chi connectivity index (χ3n) is 6.22. The average Bonchev–Trinajstić information content (AvgIpc) is 3.09. The SMILES string of the molecule is N[C@]1(CO)CC[C@@H](c2ccc3c(c2)CCC(CSc2ccccc2)C3)C1. The predicted octanol–water partition coefficient (Wildman–Crippen LogP) is 4.54. The number of hydrogen-bond donors (Lipinski definition) is 2. The van der Waals surface area contributed by atoms with E-state index in [0.717, 1.165) is 25.2 Å². The number of nitrogens with two attached hydrogens (primary N) is 1. The molecule has 0 aromatic heterocycles. The summed E-state index contributed by atoms with van der Waals surface area (Å²) >= 11 is 1.99. The average molecular weight is 368 g/mol. The zero-order chi connectivity index (χ0) is 18.0. The molecule has 2 aliphatic rings. The standard InChI is InChI=1S/C23H29NOS/c24-23(16-25)11-10-21(14-23)20-9-8-18-12-17(6-7-19(18)13-20)15-26-22-4-2-1-3-5-22/h1-5,8-9,13,17,21,25H,6-7,10-12,14-16,24H2/t17?,21-,23-/m1/s1. The van der Waals surface area contributed by atoms with E-state index in [1.165, 1.54) is 41.0 Å². The van der Waals surface area contributed by atoms with Crippen LogP contribution in [-0.2, 0) is 12.8 Å². The lowest BCUT2D eigenvalue weighted by molar-refractivity contribution is 0.198. The fourth-order valence-corrected chi connectivity index (χ4v) is 5.62. The molecule has 2 aliphatic carbocycles. The van der Waals surface area contributed by atoms with E-state index in [1.54, 1.807) is 5.56 Å². The van der Waals surface area contributed by atoms with Crippen molar-refractivity contribution in [3.05, 3.63) is 65.2 Å². The molecule has 3 atom stereocenters. The van der Waals surface area contributed by atoms with Gasteiger partial charge in [0.05, 0.1) is 6.61 Å². The second-order valence-corrected chi connectivity index (χ2v) is 9.31. The maximum atomic E-state index is 9.52. The molecule has 0 aliphatic heterocycles. The van der Waals surface area contributed by atoms with E-state index in [4.69, 9.17) is 5.73 Å². The van der Waals surface area contributed by atoms with Crippen LogP contribution in [0.4, 0.5) is 0 Å². The van der Waals surface area contributed by atoms with Crippen molar-refractivity contribution in [1.29, 1.82) is 0 Å². The van der Waals surface area contributed by atoms with Gasteiger partial charge in [-0.1, -0.05) is 36.4 Å². The van der Waals surface area contributed by atoms with Gasteiger partial charge in [-0.15, -0.1) is 11.8 Å². The summed E-state index contributed by atoms with van der Waals surface area (Å²) in [6.45, 7) is 0.106. The Morgan fingerprint density at radius 2 is 1.92 bits per heavy atom. The summed E-state index contributed by atoms with van der Waals surface area (Å²) in [5, 5.41) is 9.52. The van der Waals surface area contributed by atoms with E-state index in [2.05, 4.69) is 48.5 Å². The van der Waals surface area contributed by atoms with E-state index in [1.807, 2.05) is 11.8 Å². The second-order valence-electron chi connectivity index (χ2n) is 8.22. The van der Waals surface area contributed by atoms with E-state index < -0.39 is 0 Å². The monoisotopic (exact) mass is 367 g/mol. The van der Waals surface area contributed by atoms with Crippen LogP contribution in [0.1, 0.15) is 48.3 Å². The van der Waals surface area contributed by atoms with Gasteiger partial charge >= 0.3 is 0 Å². The number of aryl methyl sites for hydroxylation is 1. The van der Waals surface area contributed by atoms with Gasteiger partial charge in [-0.05, 0) is 79.2 Å². The molecule has 0 saturated heterocycles. The van der Waals surface area contributed by atoms with Crippen molar-refractivity contribution in [3.8, 4) is 0 Å². The van der Waals surface area contributed by atoms with E-state index in [-0.39, 0.29) is 12.1 Å². The minimum Gasteiger partial charge on any atom is -0.394 e. The molecule has 3 heteroatoms. The van der Waals surface area contributed by atoms with Crippen LogP contribution in [0.2, 0.25) is 0 Å². The fourth-order valence-electron chi connectivity index (χ4n) is 4.56. The Labute approximate surface area is 161 Å². The van der Waals surface area contributed by atoms with E-state index >= 15 is 0 Å². The van der Waals surface area contributed by atoms with Crippen LogP contribution in [0.15, 0.2) is 53.4 Å². The molecule has 0 heterocycles. The molecule has 2 aromatic carbocycles. The molecule has 0 amide bonds. The zero-order valence-electron chi connectivity index (χ0n) is 15.4. The minimum absolute atomic E-state index is 0.106. The van der Waals surface area contributed by atoms with E-state index in [9.17, 15) is 5.11 Å². The van der Waals surface area contributed by atoms with Crippen LogP contribution in [0.25, 0.3) is 0 Å². The summed E-state index contributed by atoms with van der Waals surface area (Å²) in [6.07, 6.45) is 6.65. The number of thioether (sulfide) groups is 1. The number of aliphatic hydroxyl groups is 1. The molecule has 138 valence electrons. The van der Waals surface area contributed by atoms with Gasteiger partial charge in [0.25, 0.3) is 0 Å². The largest absolute Gasteiger partial charge is 0.394 e. The van der Waals surface area contributed by atoms with Gasteiger partial charge < -0.3 is 10.8 Å². The first kappa shape index (κ1) is 18.1. The summed E-state index contributed by atoms with van der Waals surface area (Å²) in [5.41, 5.74) is 10.4. The number of rotatable bonds is 5. The van der Waals surface area contributed by atoms with Gasteiger partial charge in [0, 0.05) is 16.2 Å². The summed E-state index contributed by atoms with van der Waals surface area (Å²) < 4.78 is 0.